The quantitative estimate of drug-likeness (QED) is 0.479. The van der Waals surface area contributed by atoms with Gasteiger partial charge in [-0.2, -0.15) is 0 Å². The van der Waals surface area contributed by atoms with Gasteiger partial charge in [0.25, 0.3) is 5.56 Å². The van der Waals surface area contributed by atoms with Gasteiger partial charge in [-0.15, -0.1) is 0 Å². The molecule has 7 nitrogen and oxygen atoms in total. The third-order valence-corrected chi connectivity index (χ3v) is 2.60. The van der Waals surface area contributed by atoms with Crippen LogP contribution in [0, 0.1) is 0 Å². The highest BCUT2D eigenvalue weighted by atomic mass is 16.5. The molecular formula is C9H12N2O5. The molecule has 0 unspecified atom stereocenters. The maximum absolute atomic E-state index is 11.4. The van der Waals surface area contributed by atoms with Gasteiger partial charge in [0.15, 0.2) is 0 Å². The molecule has 0 spiro atoms. The van der Waals surface area contributed by atoms with Crippen molar-refractivity contribution in [1.82, 2.24) is 9.97 Å². The zero-order chi connectivity index (χ0) is 11.7. The van der Waals surface area contributed by atoms with E-state index in [1.54, 1.807) is 0 Å². The Labute approximate surface area is 89.7 Å². The minimum Gasteiger partial charge on any atom is -0.394 e. The second-order valence-corrected chi connectivity index (χ2v) is 3.68. The van der Waals surface area contributed by atoms with Crippen LogP contribution in [0.3, 0.4) is 0 Å². The highest BCUT2D eigenvalue weighted by Crippen LogP contribution is 2.30. The molecule has 1 aromatic rings. The second-order valence-electron chi connectivity index (χ2n) is 3.68. The Kier molecular flexibility index (Phi) is 2.90. The maximum Gasteiger partial charge on any atom is 0.325 e. The molecule has 0 aliphatic carbocycles. The number of hydrogen-bond acceptors (Lipinski definition) is 5. The minimum atomic E-state index is -0.804. The molecule has 1 aromatic heterocycles. The molecule has 1 aliphatic heterocycles. The number of aliphatic hydroxyl groups excluding tert-OH is 2. The molecule has 3 atom stereocenters. The summed E-state index contributed by atoms with van der Waals surface area (Å²) in [7, 11) is 0. The topological polar surface area (TPSA) is 115 Å². The molecule has 0 bridgehead atoms. The number of H-pyrrole nitrogens is 2. The summed E-state index contributed by atoms with van der Waals surface area (Å²) in [6.07, 6.45) is -0.607. The fourth-order valence-corrected chi connectivity index (χ4v) is 1.75. The van der Waals surface area contributed by atoms with Gasteiger partial charge in [0.05, 0.1) is 24.4 Å². The molecule has 0 aromatic carbocycles. The number of aromatic nitrogens is 2. The molecule has 7 heteroatoms. The predicted octanol–water partition coefficient (Wildman–Crippen LogP) is -1.75. The van der Waals surface area contributed by atoms with Crippen molar-refractivity contribution in [3.8, 4) is 0 Å². The summed E-state index contributed by atoms with van der Waals surface area (Å²) >= 11 is 0. The van der Waals surface area contributed by atoms with Gasteiger partial charge in [0, 0.05) is 12.6 Å². The summed E-state index contributed by atoms with van der Waals surface area (Å²) in [6.45, 7) is -0.307. The van der Waals surface area contributed by atoms with Crippen LogP contribution in [0.2, 0.25) is 0 Å². The van der Waals surface area contributed by atoms with Gasteiger partial charge in [-0.1, -0.05) is 0 Å². The van der Waals surface area contributed by atoms with E-state index in [1.807, 2.05) is 0 Å². The predicted molar refractivity (Wildman–Crippen MR) is 53.0 cm³/mol. The Hall–Kier alpha value is -1.44. The summed E-state index contributed by atoms with van der Waals surface area (Å²) in [5.74, 6) is 0. The van der Waals surface area contributed by atoms with Crippen molar-refractivity contribution in [1.29, 1.82) is 0 Å². The van der Waals surface area contributed by atoms with Crippen LogP contribution in [0.5, 0.6) is 0 Å². The molecule has 1 saturated heterocycles. The first-order valence-corrected chi connectivity index (χ1v) is 4.88. The molecule has 4 N–H and O–H groups in total. The third-order valence-electron chi connectivity index (χ3n) is 2.60. The maximum atomic E-state index is 11.4. The van der Waals surface area contributed by atoms with Gasteiger partial charge in [-0.25, -0.2) is 4.79 Å². The number of nitrogens with one attached hydrogen (secondary N) is 2. The molecule has 16 heavy (non-hydrogen) atoms. The van der Waals surface area contributed by atoms with Gasteiger partial charge in [0.1, 0.15) is 6.10 Å². The van der Waals surface area contributed by atoms with E-state index in [9.17, 15) is 14.7 Å². The fourth-order valence-electron chi connectivity index (χ4n) is 1.75. The number of hydrogen-bond donors (Lipinski definition) is 4. The molecule has 2 heterocycles. The summed E-state index contributed by atoms with van der Waals surface area (Å²) in [6, 6.07) is 0. The summed E-state index contributed by atoms with van der Waals surface area (Å²) in [5, 5.41) is 18.4. The highest BCUT2D eigenvalue weighted by Gasteiger charge is 2.35. The van der Waals surface area contributed by atoms with Crippen LogP contribution in [-0.4, -0.2) is 39.0 Å². The van der Waals surface area contributed by atoms with Gasteiger partial charge in [0.2, 0.25) is 0 Å². The lowest BCUT2D eigenvalue weighted by atomic mass is 10.1. The van der Waals surface area contributed by atoms with Crippen LogP contribution in [0.25, 0.3) is 0 Å². The number of ether oxygens (including phenoxy) is 1. The summed E-state index contributed by atoms with van der Waals surface area (Å²) in [4.78, 5) is 26.6. The highest BCUT2D eigenvalue weighted by molar-refractivity contribution is 5.10. The Balaban J connectivity index is 2.27. The first kappa shape index (κ1) is 11.1. The smallest absolute Gasteiger partial charge is 0.325 e. The van der Waals surface area contributed by atoms with Crippen molar-refractivity contribution >= 4 is 0 Å². The summed E-state index contributed by atoms with van der Waals surface area (Å²) in [5.41, 5.74) is -0.889. The lowest BCUT2D eigenvalue weighted by Crippen LogP contribution is -2.26. The monoisotopic (exact) mass is 228 g/mol. The SMILES string of the molecule is O=c1[nH]cc([C@@H]2C[C@H](O)[C@@H](CO)O2)c(=O)[nH]1. The van der Waals surface area contributed by atoms with E-state index in [0.29, 0.717) is 0 Å². The van der Waals surface area contributed by atoms with Crippen LogP contribution in [0.4, 0.5) is 0 Å². The molecule has 88 valence electrons. The van der Waals surface area contributed by atoms with Gasteiger partial charge < -0.3 is 19.9 Å². The molecule has 0 radical (unpaired) electrons. The average molecular weight is 228 g/mol. The standard InChI is InChI=1S/C9H12N2O5/c12-3-7-5(13)1-6(16-7)4-2-10-9(15)11-8(4)14/h2,5-7,12-13H,1,3H2,(H2,10,11,14,15)/t5-,6-,7+/m0/s1. The largest absolute Gasteiger partial charge is 0.394 e. The first-order chi connectivity index (χ1) is 7.61. The molecule has 0 saturated carbocycles. The number of rotatable bonds is 2. The van der Waals surface area contributed by atoms with Crippen molar-refractivity contribution < 1.29 is 14.9 Å². The lowest BCUT2D eigenvalue weighted by Gasteiger charge is -2.10. The Morgan fingerprint density at radius 1 is 1.50 bits per heavy atom. The Bertz CT molecular complexity index is 479. The summed E-state index contributed by atoms with van der Waals surface area (Å²) < 4.78 is 5.29. The lowest BCUT2D eigenvalue weighted by molar-refractivity contribution is -0.0229. The molecule has 2 rings (SSSR count). The molecule has 0 amide bonds. The molecule has 1 fully saturated rings. The van der Waals surface area contributed by atoms with E-state index in [-0.39, 0.29) is 18.6 Å². The zero-order valence-corrected chi connectivity index (χ0v) is 8.34. The second kappa shape index (κ2) is 4.20. The van der Waals surface area contributed by atoms with Crippen molar-refractivity contribution in [2.45, 2.75) is 24.7 Å². The van der Waals surface area contributed by atoms with E-state index >= 15 is 0 Å². The molecular weight excluding hydrogens is 216 g/mol. The first-order valence-electron chi connectivity index (χ1n) is 4.88. The Morgan fingerprint density at radius 2 is 2.25 bits per heavy atom. The molecule has 1 aliphatic rings. The van der Waals surface area contributed by atoms with E-state index in [2.05, 4.69) is 9.97 Å². The van der Waals surface area contributed by atoms with E-state index < -0.39 is 29.6 Å². The van der Waals surface area contributed by atoms with Crippen molar-refractivity contribution in [3.05, 3.63) is 32.6 Å². The fraction of sp³-hybridized carbons (Fsp3) is 0.556. The average Bonchev–Trinajstić information content (AvgIpc) is 2.59. The normalized spacial score (nSPS) is 29.5. The van der Waals surface area contributed by atoms with E-state index in [1.165, 1.54) is 6.20 Å². The number of aromatic amines is 2. The van der Waals surface area contributed by atoms with Crippen molar-refractivity contribution in [2.24, 2.45) is 0 Å². The van der Waals surface area contributed by atoms with Gasteiger partial charge >= 0.3 is 5.69 Å². The van der Waals surface area contributed by atoms with Crippen LogP contribution >= 0.6 is 0 Å². The van der Waals surface area contributed by atoms with Crippen molar-refractivity contribution in [3.63, 3.8) is 0 Å². The van der Waals surface area contributed by atoms with Crippen LogP contribution in [0.15, 0.2) is 15.8 Å². The number of aliphatic hydroxyl groups is 2. The van der Waals surface area contributed by atoms with Crippen LogP contribution < -0.4 is 11.2 Å². The van der Waals surface area contributed by atoms with Crippen molar-refractivity contribution in [2.75, 3.05) is 6.61 Å². The van der Waals surface area contributed by atoms with Crippen LogP contribution in [0.1, 0.15) is 18.1 Å². The third kappa shape index (κ3) is 1.92. The van der Waals surface area contributed by atoms with E-state index in [0.717, 1.165) is 0 Å². The van der Waals surface area contributed by atoms with Crippen LogP contribution in [-0.2, 0) is 4.74 Å². The van der Waals surface area contributed by atoms with Gasteiger partial charge in [-0.3, -0.25) is 9.78 Å². The zero-order valence-electron chi connectivity index (χ0n) is 8.34. The van der Waals surface area contributed by atoms with Gasteiger partial charge in [-0.05, 0) is 0 Å². The minimum absolute atomic E-state index is 0.223. The Morgan fingerprint density at radius 3 is 2.81 bits per heavy atom. The van der Waals surface area contributed by atoms with E-state index in [4.69, 9.17) is 9.84 Å².